The van der Waals surface area contributed by atoms with Crippen LogP contribution in [0.2, 0.25) is 0 Å². The molecular formula is C22H28F3NO3S. The molecule has 0 spiro atoms. The fourth-order valence-corrected chi connectivity index (χ4v) is 4.42. The minimum absolute atomic E-state index is 0.138. The molecule has 1 atom stereocenters. The van der Waals surface area contributed by atoms with E-state index in [0.29, 0.717) is 5.76 Å². The van der Waals surface area contributed by atoms with Crippen molar-refractivity contribution < 1.29 is 27.5 Å². The van der Waals surface area contributed by atoms with E-state index in [0.717, 1.165) is 31.7 Å². The Labute approximate surface area is 179 Å². The van der Waals surface area contributed by atoms with Crippen molar-refractivity contribution in [3.8, 4) is 0 Å². The Bertz CT molecular complexity index is 779. The van der Waals surface area contributed by atoms with Crippen LogP contribution in [0.4, 0.5) is 18.9 Å². The number of rotatable bonds is 11. The first-order valence-electron chi connectivity index (χ1n) is 10.2. The number of para-hydroxylation sites is 1. The van der Waals surface area contributed by atoms with Gasteiger partial charge < -0.3 is 10.1 Å². The molecule has 1 aliphatic rings. The summed E-state index contributed by atoms with van der Waals surface area (Å²) >= 11 is 1.17. The second-order valence-electron chi connectivity index (χ2n) is 7.56. The predicted molar refractivity (Wildman–Crippen MR) is 113 cm³/mol. The zero-order valence-electron chi connectivity index (χ0n) is 17.3. The highest BCUT2D eigenvalue weighted by molar-refractivity contribution is 8.15. The van der Waals surface area contributed by atoms with Gasteiger partial charge >= 0.3 is 6.18 Å². The van der Waals surface area contributed by atoms with Crippen molar-refractivity contribution in [2.75, 3.05) is 11.9 Å². The van der Waals surface area contributed by atoms with E-state index in [9.17, 15) is 22.8 Å². The number of carbonyl (C=O) groups excluding carboxylic acids is 2. The van der Waals surface area contributed by atoms with Crippen LogP contribution in [0, 0.1) is 0 Å². The number of carbonyl (C=O) groups is 2. The van der Waals surface area contributed by atoms with E-state index in [2.05, 4.69) is 12.2 Å². The molecule has 166 valence electrons. The summed E-state index contributed by atoms with van der Waals surface area (Å²) in [6, 6.07) is 4.77. The van der Waals surface area contributed by atoms with Gasteiger partial charge in [0, 0.05) is 6.08 Å². The number of anilines is 1. The molecule has 0 saturated heterocycles. The quantitative estimate of drug-likeness (QED) is 0.406. The summed E-state index contributed by atoms with van der Waals surface area (Å²) in [4.78, 5) is 24.1. The number of benzene rings is 1. The van der Waals surface area contributed by atoms with Crippen molar-refractivity contribution in [1.29, 1.82) is 0 Å². The van der Waals surface area contributed by atoms with Gasteiger partial charge in [-0.2, -0.15) is 13.2 Å². The first-order valence-corrected chi connectivity index (χ1v) is 11.0. The van der Waals surface area contributed by atoms with Gasteiger partial charge in [-0.25, -0.2) is 0 Å². The molecule has 0 aliphatic carbocycles. The number of ether oxygens (including phenoxy) is 1. The number of hydrogen-bond donors (Lipinski definition) is 1. The molecule has 1 amide bonds. The Balaban J connectivity index is 1.90. The maximum absolute atomic E-state index is 13.1. The van der Waals surface area contributed by atoms with E-state index >= 15 is 0 Å². The van der Waals surface area contributed by atoms with Crippen LogP contribution in [0.5, 0.6) is 0 Å². The summed E-state index contributed by atoms with van der Waals surface area (Å²) in [6.07, 6.45) is 4.26. The molecule has 0 bridgehead atoms. The van der Waals surface area contributed by atoms with Crippen LogP contribution in [0.15, 0.2) is 36.1 Å². The Morgan fingerprint density at radius 3 is 2.50 bits per heavy atom. The molecule has 1 aromatic rings. The molecule has 0 unspecified atom stereocenters. The number of halogens is 3. The third kappa shape index (κ3) is 7.07. The molecule has 0 radical (unpaired) electrons. The first kappa shape index (κ1) is 24.3. The van der Waals surface area contributed by atoms with Gasteiger partial charge in [0.1, 0.15) is 5.76 Å². The van der Waals surface area contributed by atoms with Gasteiger partial charge in [-0.15, -0.1) is 0 Å². The van der Waals surface area contributed by atoms with E-state index < -0.39 is 29.0 Å². The number of nitrogens with one attached hydrogen (secondary N) is 1. The Hall–Kier alpha value is -1.96. The average molecular weight is 444 g/mol. The molecule has 0 saturated carbocycles. The van der Waals surface area contributed by atoms with E-state index in [4.69, 9.17) is 4.74 Å². The van der Waals surface area contributed by atoms with Gasteiger partial charge in [0.05, 0.1) is 16.0 Å². The molecule has 0 aromatic heterocycles. The van der Waals surface area contributed by atoms with E-state index in [1.54, 1.807) is 0 Å². The van der Waals surface area contributed by atoms with Gasteiger partial charge in [0.25, 0.3) is 5.91 Å². The number of alkyl halides is 3. The maximum atomic E-state index is 13.1. The molecule has 1 aliphatic heterocycles. The van der Waals surface area contributed by atoms with Gasteiger partial charge in [-0.05, 0) is 25.5 Å². The van der Waals surface area contributed by atoms with Crippen molar-refractivity contribution in [1.82, 2.24) is 0 Å². The zero-order chi connectivity index (χ0) is 22.2. The summed E-state index contributed by atoms with van der Waals surface area (Å²) in [5.41, 5.74) is -1.24. The van der Waals surface area contributed by atoms with Crippen LogP contribution in [0.25, 0.3) is 0 Å². The lowest BCUT2D eigenvalue weighted by Crippen LogP contribution is -2.26. The van der Waals surface area contributed by atoms with Crippen molar-refractivity contribution in [2.45, 2.75) is 69.7 Å². The van der Waals surface area contributed by atoms with Crippen LogP contribution in [-0.4, -0.2) is 22.4 Å². The lowest BCUT2D eigenvalue weighted by Gasteiger charge is -2.26. The van der Waals surface area contributed by atoms with Crippen molar-refractivity contribution >= 4 is 28.5 Å². The third-order valence-electron chi connectivity index (χ3n) is 4.97. The fourth-order valence-electron chi connectivity index (χ4n) is 3.34. The lowest BCUT2D eigenvalue weighted by atomic mass is 9.99. The standard InChI is InChI=1S/C22H28F3NO3S/c1-3-4-5-6-7-10-13-21(2)18(14-20(28)30-21)29-15-19(27)26-17-12-9-8-11-16(17)22(23,24)25/h8-9,11-12,14H,3-7,10,13,15H2,1-2H3,(H,26,27)/t21-/m0/s1. The normalized spacial score (nSPS) is 19.0. The summed E-state index contributed by atoms with van der Waals surface area (Å²) in [6.45, 7) is 3.60. The monoisotopic (exact) mass is 443 g/mol. The number of unbranched alkanes of at least 4 members (excludes halogenated alkanes) is 5. The fraction of sp³-hybridized carbons (Fsp3) is 0.545. The molecule has 8 heteroatoms. The first-order chi connectivity index (χ1) is 14.2. The second-order valence-corrected chi connectivity index (χ2v) is 9.07. The van der Waals surface area contributed by atoms with Gasteiger partial charge in [0.2, 0.25) is 5.12 Å². The minimum atomic E-state index is -4.57. The zero-order valence-corrected chi connectivity index (χ0v) is 18.1. The molecule has 1 aromatic carbocycles. The van der Waals surface area contributed by atoms with Crippen LogP contribution >= 0.6 is 11.8 Å². The number of hydrogen-bond acceptors (Lipinski definition) is 4. The van der Waals surface area contributed by atoms with E-state index in [1.165, 1.54) is 55.3 Å². The smallest absolute Gasteiger partial charge is 0.418 e. The number of thioether (sulfide) groups is 1. The van der Waals surface area contributed by atoms with E-state index in [-0.39, 0.29) is 10.8 Å². The highest BCUT2D eigenvalue weighted by Crippen LogP contribution is 2.44. The van der Waals surface area contributed by atoms with Crippen LogP contribution in [0.1, 0.15) is 64.4 Å². The van der Waals surface area contributed by atoms with Gasteiger partial charge in [-0.3, -0.25) is 9.59 Å². The molecule has 4 nitrogen and oxygen atoms in total. The largest absolute Gasteiger partial charge is 0.486 e. The third-order valence-corrected chi connectivity index (χ3v) is 6.14. The van der Waals surface area contributed by atoms with Gasteiger partial charge in [-0.1, -0.05) is 69.3 Å². The van der Waals surface area contributed by atoms with Crippen LogP contribution in [-0.2, 0) is 20.5 Å². The summed E-state index contributed by atoms with van der Waals surface area (Å²) in [7, 11) is 0. The average Bonchev–Trinajstić information content (AvgIpc) is 2.96. The Kier molecular flexibility index (Phi) is 8.82. The molecule has 0 fully saturated rings. The lowest BCUT2D eigenvalue weighted by molar-refractivity contribution is -0.137. The van der Waals surface area contributed by atoms with Crippen molar-refractivity contribution in [3.63, 3.8) is 0 Å². The van der Waals surface area contributed by atoms with E-state index in [1.807, 2.05) is 6.92 Å². The Morgan fingerprint density at radius 2 is 1.80 bits per heavy atom. The summed E-state index contributed by atoms with van der Waals surface area (Å²) in [5.74, 6) is -0.302. The van der Waals surface area contributed by atoms with Gasteiger partial charge in [0.15, 0.2) is 6.61 Å². The van der Waals surface area contributed by atoms with Crippen molar-refractivity contribution in [2.24, 2.45) is 0 Å². The SMILES string of the molecule is CCCCCCCC[C@]1(C)SC(=O)C=C1OCC(=O)Nc1ccccc1C(F)(F)F. The molecule has 30 heavy (non-hydrogen) atoms. The summed E-state index contributed by atoms with van der Waals surface area (Å²) in [5, 5.41) is 2.11. The predicted octanol–water partition coefficient (Wildman–Crippen LogP) is 6.33. The highest BCUT2D eigenvalue weighted by Gasteiger charge is 2.39. The second kappa shape index (κ2) is 10.9. The molecular weight excluding hydrogens is 415 g/mol. The number of amides is 1. The Morgan fingerprint density at radius 1 is 1.13 bits per heavy atom. The molecule has 1 N–H and O–H groups in total. The topological polar surface area (TPSA) is 55.4 Å². The maximum Gasteiger partial charge on any atom is 0.418 e. The van der Waals surface area contributed by atoms with Crippen molar-refractivity contribution in [3.05, 3.63) is 41.7 Å². The molecule has 1 heterocycles. The van der Waals surface area contributed by atoms with Crippen LogP contribution < -0.4 is 5.32 Å². The molecule has 2 rings (SSSR count). The summed E-state index contributed by atoms with van der Waals surface area (Å²) < 4.78 is 44.2. The van der Waals surface area contributed by atoms with Crippen LogP contribution in [0.3, 0.4) is 0 Å². The highest BCUT2D eigenvalue weighted by atomic mass is 32.2. The minimum Gasteiger partial charge on any atom is -0.486 e.